The molecule has 2 aromatic rings. The summed E-state index contributed by atoms with van der Waals surface area (Å²) < 4.78 is 32.3. The van der Waals surface area contributed by atoms with Crippen LogP contribution in [0, 0.1) is 11.6 Å². The van der Waals surface area contributed by atoms with Crippen LogP contribution < -0.4 is 10.2 Å². The number of hydrazone groups is 1. The zero-order chi connectivity index (χ0) is 14.4. The first-order valence-electron chi connectivity index (χ1n) is 6.17. The van der Waals surface area contributed by atoms with Crippen LogP contribution in [0.2, 0.25) is 0 Å². The molecule has 0 amide bonds. The molecule has 3 nitrogen and oxygen atoms in total. The third-order valence-corrected chi connectivity index (χ3v) is 2.54. The lowest BCUT2D eigenvalue weighted by Crippen LogP contribution is -2.01. The molecule has 20 heavy (non-hydrogen) atoms. The Balaban J connectivity index is 2.15. The van der Waals surface area contributed by atoms with E-state index in [1.165, 1.54) is 12.3 Å². The molecular formula is C15H14F2N2O. The number of halogens is 2. The Morgan fingerprint density at radius 1 is 1.15 bits per heavy atom. The number of hydrogen-bond donors (Lipinski definition) is 1. The Morgan fingerprint density at radius 3 is 2.60 bits per heavy atom. The van der Waals surface area contributed by atoms with Gasteiger partial charge in [0, 0.05) is 5.56 Å². The van der Waals surface area contributed by atoms with Crippen LogP contribution in [0.15, 0.2) is 47.6 Å². The fourth-order valence-electron chi connectivity index (χ4n) is 1.61. The third-order valence-electron chi connectivity index (χ3n) is 2.54. The number of rotatable bonds is 5. The minimum atomic E-state index is -0.759. The summed E-state index contributed by atoms with van der Waals surface area (Å²) in [7, 11) is 0. The first-order chi connectivity index (χ1) is 9.72. The van der Waals surface area contributed by atoms with Crippen LogP contribution in [-0.4, -0.2) is 12.8 Å². The van der Waals surface area contributed by atoms with Gasteiger partial charge in [-0.15, -0.1) is 0 Å². The van der Waals surface area contributed by atoms with Crippen molar-refractivity contribution in [3.05, 3.63) is 59.7 Å². The third kappa shape index (κ3) is 3.32. The van der Waals surface area contributed by atoms with E-state index in [4.69, 9.17) is 4.74 Å². The summed E-state index contributed by atoms with van der Waals surface area (Å²) >= 11 is 0. The van der Waals surface area contributed by atoms with Crippen molar-refractivity contribution in [3.63, 3.8) is 0 Å². The monoisotopic (exact) mass is 276 g/mol. The Bertz CT molecular complexity index is 600. The first-order valence-corrected chi connectivity index (χ1v) is 6.17. The zero-order valence-electron chi connectivity index (χ0n) is 10.9. The molecule has 2 aromatic carbocycles. The van der Waals surface area contributed by atoms with Gasteiger partial charge in [-0.1, -0.05) is 18.2 Å². The van der Waals surface area contributed by atoms with Crippen molar-refractivity contribution in [2.75, 3.05) is 12.0 Å². The van der Waals surface area contributed by atoms with Crippen LogP contribution in [-0.2, 0) is 0 Å². The maximum absolute atomic E-state index is 14.0. The number of nitrogens with zero attached hydrogens (tertiary/aromatic N) is 1. The highest BCUT2D eigenvalue weighted by Gasteiger charge is 2.13. The lowest BCUT2D eigenvalue weighted by molar-refractivity contribution is 0.302. The Labute approximate surface area is 115 Å². The average Bonchev–Trinajstić information content (AvgIpc) is 2.47. The fourth-order valence-corrected chi connectivity index (χ4v) is 1.61. The molecule has 2 rings (SSSR count). The van der Waals surface area contributed by atoms with E-state index in [-0.39, 0.29) is 17.9 Å². The van der Waals surface area contributed by atoms with Crippen LogP contribution in [0.3, 0.4) is 0 Å². The SMILES string of the molecule is CCOc1c(F)ccc(C=NNc2ccccc2)c1F. The highest BCUT2D eigenvalue weighted by Crippen LogP contribution is 2.23. The molecule has 0 bridgehead atoms. The van der Waals surface area contributed by atoms with Gasteiger partial charge in [-0.2, -0.15) is 5.10 Å². The number of nitrogens with one attached hydrogen (secondary N) is 1. The summed E-state index contributed by atoms with van der Waals surface area (Å²) in [6, 6.07) is 11.7. The fraction of sp³-hybridized carbons (Fsp3) is 0.133. The predicted octanol–water partition coefficient (Wildman–Crippen LogP) is 3.81. The molecule has 0 spiro atoms. The van der Waals surface area contributed by atoms with Gasteiger partial charge in [-0.05, 0) is 31.2 Å². The molecule has 0 aromatic heterocycles. The number of benzene rings is 2. The zero-order valence-corrected chi connectivity index (χ0v) is 10.9. The summed E-state index contributed by atoms with van der Waals surface area (Å²) in [5, 5.41) is 3.91. The van der Waals surface area contributed by atoms with E-state index in [9.17, 15) is 8.78 Å². The second-order valence-electron chi connectivity index (χ2n) is 3.95. The van der Waals surface area contributed by atoms with E-state index in [0.29, 0.717) is 0 Å². The maximum Gasteiger partial charge on any atom is 0.191 e. The normalized spacial score (nSPS) is 10.8. The molecular weight excluding hydrogens is 262 g/mol. The van der Waals surface area contributed by atoms with E-state index >= 15 is 0 Å². The van der Waals surface area contributed by atoms with E-state index in [0.717, 1.165) is 11.8 Å². The van der Waals surface area contributed by atoms with Crippen molar-refractivity contribution in [2.24, 2.45) is 5.10 Å². The van der Waals surface area contributed by atoms with Crippen molar-refractivity contribution in [3.8, 4) is 5.75 Å². The summed E-state index contributed by atoms with van der Waals surface area (Å²) in [6.07, 6.45) is 1.28. The van der Waals surface area contributed by atoms with Gasteiger partial charge in [0.15, 0.2) is 17.4 Å². The number of ether oxygens (including phenoxy) is 1. The molecule has 0 aliphatic carbocycles. The van der Waals surface area contributed by atoms with Crippen LogP contribution >= 0.6 is 0 Å². The highest BCUT2D eigenvalue weighted by atomic mass is 19.1. The van der Waals surface area contributed by atoms with E-state index in [1.54, 1.807) is 6.92 Å². The minimum Gasteiger partial charge on any atom is -0.488 e. The van der Waals surface area contributed by atoms with Gasteiger partial charge < -0.3 is 4.74 Å². The van der Waals surface area contributed by atoms with Crippen LogP contribution in [0.4, 0.5) is 14.5 Å². The Kier molecular flexibility index (Phi) is 4.65. The van der Waals surface area contributed by atoms with Gasteiger partial charge >= 0.3 is 0 Å². The minimum absolute atomic E-state index is 0.151. The average molecular weight is 276 g/mol. The van der Waals surface area contributed by atoms with E-state index in [1.807, 2.05) is 30.3 Å². The lowest BCUT2D eigenvalue weighted by atomic mass is 10.2. The van der Waals surface area contributed by atoms with Crippen molar-refractivity contribution >= 4 is 11.9 Å². The first kappa shape index (κ1) is 14.0. The standard InChI is InChI=1S/C15H14F2N2O/c1-2-20-15-13(16)9-8-11(14(15)17)10-18-19-12-6-4-3-5-7-12/h3-10,19H,2H2,1H3. The van der Waals surface area contributed by atoms with Gasteiger partial charge in [0.05, 0.1) is 18.5 Å². The molecule has 1 N–H and O–H groups in total. The summed E-state index contributed by atoms with van der Waals surface area (Å²) in [4.78, 5) is 0. The van der Waals surface area contributed by atoms with Gasteiger partial charge in [-0.3, -0.25) is 5.43 Å². The van der Waals surface area contributed by atoms with Crippen molar-refractivity contribution in [1.82, 2.24) is 0 Å². The smallest absolute Gasteiger partial charge is 0.191 e. The molecule has 0 saturated heterocycles. The topological polar surface area (TPSA) is 33.6 Å². The molecule has 0 aliphatic heterocycles. The summed E-state index contributed by atoms with van der Waals surface area (Å²) in [5.41, 5.74) is 3.68. The highest BCUT2D eigenvalue weighted by molar-refractivity contribution is 5.81. The van der Waals surface area contributed by atoms with Crippen LogP contribution in [0.1, 0.15) is 12.5 Å². The second-order valence-corrected chi connectivity index (χ2v) is 3.95. The molecule has 0 aliphatic rings. The molecule has 0 fully saturated rings. The molecule has 5 heteroatoms. The quantitative estimate of drug-likeness (QED) is 0.665. The summed E-state index contributed by atoms with van der Waals surface area (Å²) in [5.74, 6) is -1.86. The molecule has 0 atom stereocenters. The van der Waals surface area contributed by atoms with Crippen molar-refractivity contribution < 1.29 is 13.5 Å². The largest absolute Gasteiger partial charge is 0.488 e. The van der Waals surface area contributed by atoms with Crippen LogP contribution in [0.5, 0.6) is 5.75 Å². The Hall–Kier alpha value is -2.43. The van der Waals surface area contributed by atoms with E-state index < -0.39 is 11.6 Å². The van der Waals surface area contributed by atoms with Gasteiger partial charge in [0.2, 0.25) is 0 Å². The Morgan fingerprint density at radius 2 is 1.90 bits per heavy atom. The molecule has 0 radical (unpaired) electrons. The molecule has 104 valence electrons. The molecule has 0 saturated carbocycles. The number of para-hydroxylation sites is 1. The van der Waals surface area contributed by atoms with Crippen molar-refractivity contribution in [2.45, 2.75) is 6.92 Å². The second kappa shape index (κ2) is 6.65. The number of anilines is 1. The van der Waals surface area contributed by atoms with Crippen LogP contribution in [0.25, 0.3) is 0 Å². The van der Waals surface area contributed by atoms with Gasteiger partial charge in [0.25, 0.3) is 0 Å². The lowest BCUT2D eigenvalue weighted by Gasteiger charge is -2.07. The van der Waals surface area contributed by atoms with Gasteiger partial charge in [-0.25, -0.2) is 8.78 Å². The predicted molar refractivity (Wildman–Crippen MR) is 75.2 cm³/mol. The number of hydrogen-bond acceptors (Lipinski definition) is 3. The maximum atomic E-state index is 14.0. The summed E-state index contributed by atoms with van der Waals surface area (Å²) in [6.45, 7) is 1.85. The van der Waals surface area contributed by atoms with E-state index in [2.05, 4.69) is 10.5 Å². The molecule has 0 unspecified atom stereocenters. The van der Waals surface area contributed by atoms with Crippen molar-refractivity contribution in [1.29, 1.82) is 0 Å². The molecule has 0 heterocycles. The van der Waals surface area contributed by atoms with Gasteiger partial charge in [0.1, 0.15) is 0 Å².